The normalized spacial score (nSPS) is 11.0. The number of hydrogen-bond acceptors (Lipinski definition) is 3. The minimum Gasteiger partial charge on any atom is -0.868 e. The van der Waals surface area contributed by atoms with Gasteiger partial charge in [0.25, 0.3) is 0 Å². The smallest absolute Gasteiger partial charge is 0.322 e. The topological polar surface area (TPSA) is 49.4 Å². The fourth-order valence-corrected chi connectivity index (χ4v) is 0.860. The number of carbonyl (C=O) groups is 1. The Bertz CT molecular complexity index is 314. The van der Waals surface area contributed by atoms with E-state index in [0.717, 1.165) is 0 Å². The summed E-state index contributed by atoms with van der Waals surface area (Å²) in [7, 11) is 1.18. The van der Waals surface area contributed by atoms with Crippen LogP contribution < -0.4 is 5.11 Å². The third-order valence-electron chi connectivity index (χ3n) is 1.48. The Hall–Kier alpha value is -1.77. The largest absolute Gasteiger partial charge is 0.868 e. The molecule has 3 heteroatoms. The zero-order valence-electron chi connectivity index (χ0n) is 7.19. The highest BCUT2D eigenvalue weighted by Crippen LogP contribution is 2.03. The Morgan fingerprint density at radius 2 is 2.00 bits per heavy atom. The lowest BCUT2D eigenvalue weighted by molar-refractivity contribution is -0.301. The van der Waals surface area contributed by atoms with Crippen LogP contribution in [0, 0.1) is 0 Å². The van der Waals surface area contributed by atoms with E-state index in [1.807, 2.05) is 6.07 Å². The Labute approximate surface area is 76.3 Å². The van der Waals surface area contributed by atoms with Crippen LogP contribution in [0.25, 0.3) is 6.08 Å². The molecule has 0 atom stereocenters. The number of ether oxygens (including phenoxy) is 1. The third kappa shape index (κ3) is 2.63. The molecule has 1 aromatic carbocycles. The summed E-state index contributed by atoms with van der Waals surface area (Å²) in [5.74, 6) is -1.49. The molecule has 0 aliphatic rings. The van der Waals surface area contributed by atoms with Crippen molar-refractivity contribution in [3.8, 4) is 0 Å². The molecular weight excluding hydrogens is 168 g/mol. The summed E-state index contributed by atoms with van der Waals surface area (Å²) in [6.07, 6.45) is 1.24. The second-order valence-corrected chi connectivity index (χ2v) is 2.41. The van der Waals surface area contributed by atoms with Crippen molar-refractivity contribution in [1.82, 2.24) is 0 Å². The maximum Gasteiger partial charge on any atom is 0.322 e. The summed E-state index contributed by atoms with van der Waals surface area (Å²) >= 11 is 0. The Balaban J connectivity index is 2.83. The zero-order chi connectivity index (χ0) is 9.68. The molecule has 1 aromatic rings. The monoisotopic (exact) mass is 177 g/mol. The van der Waals surface area contributed by atoms with Gasteiger partial charge in [-0.3, -0.25) is 0 Å². The first kappa shape index (κ1) is 9.32. The highest BCUT2D eigenvalue weighted by molar-refractivity contribution is 5.90. The average Bonchev–Trinajstić information content (AvgIpc) is 2.18. The van der Waals surface area contributed by atoms with Gasteiger partial charge in [0.05, 0.1) is 7.11 Å². The standard InChI is InChI=1S/C10H10O3/c1-13-10(12)9(11)7-8-5-3-2-4-6-8/h2-7,11H,1H3/p-1/b9-7+. The summed E-state index contributed by atoms with van der Waals surface area (Å²) in [6.45, 7) is 0. The van der Waals surface area contributed by atoms with Gasteiger partial charge in [-0.2, -0.15) is 0 Å². The SMILES string of the molecule is COC(=O)/C([O-])=C\c1ccccc1. The van der Waals surface area contributed by atoms with Crippen LogP contribution in [0.5, 0.6) is 0 Å². The van der Waals surface area contributed by atoms with E-state index in [2.05, 4.69) is 4.74 Å². The van der Waals surface area contributed by atoms with Gasteiger partial charge in [-0.15, -0.1) is 0 Å². The van der Waals surface area contributed by atoms with Gasteiger partial charge >= 0.3 is 5.97 Å². The quantitative estimate of drug-likeness (QED) is 0.377. The van der Waals surface area contributed by atoms with Crippen LogP contribution >= 0.6 is 0 Å². The fourth-order valence-electron chi connectivity index (χ4n) is 0.860. The minimum absolute atomic E-state index is 0.645. The van der Waals surface area contributed by atoms with Crippen molar-refractivity contribution in [2.45, 2.75) is 0 Å². The van der Waals surface area contributed by atoms with Crippen LogP contribution in [-0.2, 0) is 9.53 Å². The molecule has 0 aliphatic heterocycles. The van der Waals surface area contributed by atoms with Crippen molar-refractivity contribution in [1.29, 1.82) is 0 Å². The van der Waals surface area contributed by atoms with Gasteiger partial charge in [0.1, 0.15) is 0 Å². The number of methoxy groups -OCH3 is 1. The van der Waals surface area contributed by atoms with Gasteiger partial charge in [-0.1, -0.05) is 36.4 Å². The molecule has 0 aromatic heterocycles. The molecule has 0 aliphatic carbocycles. The zero-order valence-corrected chi connectivity index (χ0v) is 7.19. The molecule has 0 saturated heterocycles. The minimum atomic E-state index is -0.844. The fraction of sp³-hybridized carbons (Fsp3) is 0.100. The third-order valence-corrected chi connectivity index (χ3v) is 1.48. The predicted octanol–water partition coefficient (Wildman–Crippen LogP) is 0.561. The Morgan fingerprint density at radius 1 is 1.38 bits per heavy atom. The molecule has 0 bridgehead atoms. The number of benzene rings is 1. The molecule has 0 heterocycles. The van der Waals surface area contributed by atoms with E-state index in [9.17, 15) is 9.90 Å². The van der Waals surface area contributed by atoms with Gasteiger partial charge in [0.2, 0.25) is 0 Å². The van der Waals surface area contributed by atoms with Crippen molar-refractivity contribution in [3.63, 3.8) is 0 Å². The molecule has 0 spiro atoms. The van der Waals surface area contributed by atoms with Crippen molar-refractivity contribution in [2.75, 3.05) is 7.11 Å². The maximum atomic E-state index is 11.0. The van der Waals surface area contributed by atoms with E-state index in [1.165, 1.54) is 13.2 Å². The van der Waals surface area contributed by atoms with Crippen LogP contribution in [-0.4, -0.2) is 13.1 Å². The molecular formula is C10H9O3-. The first-order valence-corrected chi connectivity index (χ1v) is 3.76. The van der Waals surface area contributed by atoms with Crippen molar-refractivity contribution < 1.29 is 14.6 Å². The highest BCUT2D eigenvalue weighted by Gasteiger charge is 1.95. The molecule has 1 rings (SSSR count). The lowest BCUT2D eigenvalue weighted by atomic mass is 10.2. The van der Waals surface area contributed by atoms with Crippen LogP contribution in [0.3, 0.4) is 0 Å². The Kier molecular flexibility index (Phi) is 3.09. The van der Waals surface area contributed by atoms with E-state index in [4.69, 9.17) is 0 Å². The first-order valence-electron chi connectivity index (χ1n) is 3.76. The van der Waals surface area contributed by atoms with Crippen LogP contribution in [0.15, 0.2) is 36.1 Å². The summed E-state index contributed by atoms with van der Waals surface area (Å²) in [5, 5.41) is 11.0. The van der Waals surface area contributed by atoms with E-state index in [-0.39, 0.29) is 0 Å². The lowest BCUT2D eigenvalue weighted by Gasteiger charge is -2.07. The molecule has 0 saturated carbocycles. The van der Waals surface area contributed by atoms with Gasteiger partial charge in [0, 0.05) is 0 Å². The summed E-state index contributed by atoms with van der Waals surface area (Å²) < 4.78 is 4.26. The van der Waals surface area contributed by atoms with E-state index in [0.29, 0.717) is 5.56 Å². The summed E-state index contributed by atoms with van der Waals surface area (Å²) in [5.41, 5.74) is 0.693. The van der Waals surface area contributed by atoms with Crippen molar-refractivity contribution in [2.24, 2.45) is 0 Å². The number of carbonyl (C=O) groups excluding carboxylic acids is 1. The average molecular weight is 177 g/mol. The second kappa shape index (κ2) is 4.30. The van der Waals surface area contributed by atoms with Crippen LogP contribution in [0.4, 0.5) is 0 Å². The van der Waals surface area contributed by atoms with E-state index < -0.39 is 11.7 Å². The second-order valence-electron chi connectivity index (χ2n) is 2.41. The number of rotatable bonds is 2. The molecule has 3 nitrogen and oxygen atoms in total. The van der Waals surface area contributed by atoms with Gasteiger partial charge < -0.3 is 9.84 Å². The predicted molar refractivity (Wildman–Crippen MR) is 46.4 cm³/mol. The van der Waals surface area contributed by atoms with Crippen molar-refractivity contribution in [3.05, 3.63) is 41.7 Å². The van der Waals surface area contributed by atoms with Gasteiger partial charge in [-0.25, -0.2) is 4.79 Å². The molecule has 0 unspecified atom stereocenters. The van der Waals surface area contributed by atoms with Crippen LogP contribution in [0.1, 0.15) is 5.56 Å². The molecule has 0 amide bonds. The van der Waals surface area contributed by atoms with E-state index >= 15 is 0 Å². The number of hydrogen-bond donors (Lipinski definition) is 0. The van der Waals surface area contributed by atoms with Gasteiger partial charge in [0.15, 0.2) is 0 Å². The maximum absolute atomic E-state index is 11.0. The summed E-state index contributed by atoms with van der Waals surface area (Å²) in [6, 6.07) is 8.88. The van der Waals surface area contributed by atoms with Crippen molar-refractivity contribution >= 4 is 12.0 Å². The molecule has 13 heavy (non-hydrogen) atoms. The Morgan fingerprint density at radius 3 is 2.54 bits per heavy atom. The van der Waals surface area contributed by atoms with Crippen LogP contribution in [0.2, 0.25) is 0 Å². The molecule has 68 valence electrons. The van der Waals surface area contributed by atoms with E-state index in [1.54, 1.807) is 24.3 Å². The molecule has 0 radical (unpaired) electrons. The van der Waals surface area contributed by atoms with Gasteiger partial charge in [-0.05, 0) is 11.3 Å². The summed E-state index contributed by atoms with van der Waals surface area (Å²) in [4.78, 5) is 10.7. The highest BCUT2D eigenvalue weighted by atomic mass is 16.5. The molecule has 0 N–H and O–H groups in total. The first-order chi connectivity index (χ1) is 6.24. The number of esters is 1. The molecule has 0 fully saturated rings. The lowest BCUT2D eigenvalue weighted by Crippen LogP contribution is -2.16.